The molecule has 2 atom stereocenters. The Balaban J connectivity index is 1.53. The smallest absolute Gasteiger partial charge is 0.132 e. The molecule has 1 heterocycles. The van der Waals surface area contributed by atoms with Gasteiger partial charge in [-0.05, 0) is 62.4 Å². The Labute approximate surface area is 205 Å². The zero-order valence-electron chi connectivity index (χ0n) is 21.1. The molecule has 2 aromatic carbocycles. The van der Waals surface area contributed by atoms with Gasteiger partial charge in [0, 0.05) is 24.4 Å². The van der Waals surface area contributed by atoms with E-state index in [1.54, 1.807) is 6.08 Å². The summed E-state index contributed by atoms with van der Waals surface area (Å²) >= 11 is 0. The minimum absolute atomic E-state index is 0.178. The summed E-state index contributed by atoms with van der Waals surface area (Å²) in [6.07, 6.45) is 9.30. The first-order valence-electron chi connectivity index (χ1n) is 12.9. The monoisotopic (exact) mass is 463 g/mol. The fraction of sp³-hybridized carbons (Fsp3) is 0.533. The second-order valence-electron chi connectivity index (χ2n) is 10.4. The first-order valence-corrected chi connectivity index (χ1v) is 12.9. The zero-order chi connectivity index (χ0) is 24.0. The molecule has 2 aromatic rings. The average molecular weight is 464 g/mol. The maximum Gasteiger partial charge on any atom is 0.132 e. The molecule has 1 aliphatic heterocycles. The molecular formula is C30H41NO3. The summed E-state index contributed by atoms with van der Waals surface area (Å²) in [5.41, 5.74) is 4.21. The topological polar surface area (TPSA) is 39.7 Å². The quantitative estimate of drug-likeness (QED) is 0.373. The maximum atomic E-state index is 6.63. The fourth-order valence-corrected chi connectivity index (χ4v) is 5.32. The lowest BCUT2D eigenvalue weighted by atomic mass is 9.86. The zero-order valence-corrected chi connectivity index (χ0v) is 21.1. The van der Waals surface area contributed by atoms with E-state index in [0.717, 1.165) is 42.5 Å². The summed E-state index contributed by atoms with van der Waals surface area (Å²) in [6, 6.07) is 14.8. The highest BCUT2D eigenvalue weighted by molar-refractivity contribution is 5.54. The predicted octanol–water partition coefficient (Wildman–Crippen LogP) is 7.38. The van der Waals surface area contributed by atoms with Crippen molar-refractivity contribution in [2.24, 2.45) is 5.92 Å². The molecule has 4 nitrogen and oxygen atoms in total. The Morgan fingerprint density at radius 1 is 1.09 bits per heavy atom. The van der Waals surface area contributed by atoms with Crippen molar-refractivity contribution in [2.45, 2.75) is 83.6 Å². The van der Waals surface area contributed by atoms with Crippen LogP contribution in [0.3, 0.4) is 0 Å². The highest BCUT2D eigenvalue weighted by Crippen LogP contribution is 2.44. The van der Waals surface area contributed by atoms with Crippen molar-refractivity contribution in [3.05, 3.63) is 71.8 Å². The van der Waals surface area contributed by atoms with Crippen LogP contribution in [0.15, 0.2) is 55.1 Å². The number of anilines is 1. The summed E-state index contributed by atoms with van der Waals surface area (Å²) in [5.74, 6) is 1.67. The number of aryl methyl sites for hydroxylation is 1. The van der Waals surface area contributed by atoms with Crippen molar-refractivity contribution in [3.63, 3.8) is 0 Å². The van der Waals surface area contributed by atoms with Crippen LogP contribution in [0.5, 0.6) is 5.75 Å². The third-order valence-corrected chi connectivity index (χ3v) is 7.34. The number of hydrogen-bond acceptors (Lipinski definition) is 4. The third kappa shape index (κ3) is 6.03. The van der Waals surface area contributed by atoms with Gasteiger partial charge in [-0.25, -0.2) is 0 Å². The molecule has 1 aliphatic carbocycles. The number of ether oxygens (including phenoxy) is 3. The SMILES string of the molecule is C=CCOC1C(OCCC2CCCCC2)c2cc(NCc3ccccc3C)ccc2OC1(C)C. The summed E-state index contributed by atoms with van der Waals surface area (Å²) < 4.78 is 19.3. The van der Waals surface area contributed by atoms with Gasteiger partial charge in [0.05, 0.1) is 6.61 Å². The van der Waals surface area contributed by atoms with Gasteiger partial charge < -0.3 is 19.5 Å². The van der Waals surface area contributed by atoms with E-state index in [2.05, 4.69) is 75.1 Å². The first kappa shape index (κ1) is 24.8. The summed E-state index contributed by atoms with van der Waals surface area (Å²) in [6.45, 7) is 12.2. The van der Waals surface area contributed by atoms with Gasteiger partial charge in [0.15, 0.2) is 0 Å². The Morgan fingerprint density at radius 2 is 1.88 bits per heavy atom. The van der Waals surface area contributed by atoms with Crippen LogP contribution >= 0.6 is 0 Å². The Morgan fingerprint density at radius 3 is 2.65 bits per heavy atom. The van der Waals surface area contributed by atoms with Crippen molar-refractivity contribution in [1.29, 1.82) is 0 Å². The molecule has 0 bridgehead atoms. The number of benzene rings is 2. The van der Waals surface area contributed by atoms with Gasteiger partial charge in [-0.3, -0.25) is 0 Å². The van der Waals surface area contributed by atoms with Gasteiger partial charge >= 0.3 is 0 Å². The van der Waals surface area contributed by atoms with E-state index in [1.165, 1.54) is 43.2 Å². The molecule has 1 fully saturated rings. The average Bonchev–Trinajstić information content (AvgIpc) is 2.83. The normalized spacial score (nSPS) is 22.0. The van der Waals surface area contributed by atoms with Gasteiger partial charge in [-0.1, -0.05) is 62.4 Å². The van der Waals surface area contributed by atoms with Gasteiger partial charge in [-0.2, -0.15) is 0 Å². The summed E-state index contributed by atoms with van der Waals surface area (Å²) in [4.78, 5) is 0. The lowest BCUT2D eigenvalue weighted by Gasteiger charge is -2.44. The fourth-order valence-electron chi connectivity index (χ4n) is 5.32. The van der Waals surface area contributed by atoms with Crippen molar-refractivity contribution in [1.82, 2.24) is 0 Å². The molecule has 4 rings (SSSR count). The summed E-state index contributed by atoms with van der Waals surface area (Å²) in [5, 5.41) is 3.59. The highest BCUT2D eigenvalue weighted by Gasteiger charge is 2.45. The van der Waals surface area contributed by atoms with Crippen molar-refractivity contribution in [3.8, 4) is 5.75 Å². The van der Waals surface area contributed by atoms with Gasteiger partial charge in [0.25, 0.3) is 0 Å². The number of rotatable bonds is 10. The molecule has 2 unspecified atom stereocenters. The minimum atomic E-state index is -0.498. The van der Waals surface area contributed by atoms with Gasteiger partial charge in [0.1, 0.15) is 23.6 Å². The Kier molecular flexibility index (Phi) is 8.33. The van der Waals surface area contributed by atoms with Crippen molar-refractivity contribution < 1.29 is 14.2 Å². The van der Waals surface area contributed by atoms with E-state index in [1.807, 2.05) is 0 Å². The van der Waals surface area contributed by atoms with Gasteiger partial charge in [0.2, 0.25) is 0 Å². The molecule has 0 saturated heterocycles. The number of hydrogen-bond donors (Lipinski definition) is 1. The molecule has 0 spiro atoms. The van der Waals surface area contributed by atoms with Crippen LogP contribution in [0.2, 0.25) is 0 Å². The van der Waals surface area contributed by atoms with Crippen molar-refractivity contribution in [2.75, 3.05) is 18.5 Å². The minimum Gasteiger partial charge on any atom is -0.485 e. The molecule has 1 saturated carbocycles. The van der Waals surface area contributed by atoms with Crippen LogP contribution in [0, 0.1) is 12.8 Å². The van der Waals surface area contributed by atoms with E-state index in [4.69, 9.17) is 14.2 Å². The highest BCUT2D eigenvalue weighted by atomic mass is 16.6. The molecule has 0 radical (unpaired) electrons. The van der Waals surface area contributed by atoms with Gasteiger partial charge in [-0.15, -0.1) is 6.58 Å². The molecule has 2 aliphatic rings. The third-order valence-electron chi connectivity index (χ3n) is 7.34. The molecule has 184 valence electrons. The standard InChI is InChI=1S/C30H41NO3/c1-5-18-33-29-28(32-19-17-23-12-7-6-8-13-23)26-20-25(15-16-27(26)34-30(29,3)4)31-21-24-14-10-9-11-22(24)2/h5,9-11,14-16,20,23,28-29,31H,1,6-8,12-13,17-19,21H2,2-4H3. The second-order valence-corrected chi connectivity index (χ2v) is 10.4. The van der Waals surface area contributed by atoms with E-state index in [9.17, 15) is 0 Å². The largest absolute Gasteiger partial charge is 0.485 e. The summed E-state index contributed by atoms with van der Waals surface area (Å²) in [7, 11) is 0. The molecule has 0 amide bonds. The van der Waals surface area contributed by atoms with Crippen molar-refractivity contribution >= 4 is 5.69 Å². The number of fused-ring (bicyclic) bond motifs is 1. The Hall–Kier alpha value is -2.30. The first-order chi connectivity index (χ1) is 16.5. The number of nitrogens with one attached hydrogen (secondary N) is 1. The lowest BCUT2D eigenvalue weighted by Crippen LogP contribution is -2.51. The molecule has 1 N–H and O–H groups in total. The molecule has 0 aromatic heterocycles. The van der Waals surface area contributed by atoms with E-state index in [-0.39, 0.29) is 12.2 Å². The van der Waals surface area contributed by atoms with E-state index >= 15 is 0 Å². The van der Waals surface area contributed by atoms with E-state index in [0.29, 0.717) is 6.61 Å². The van der Waals surface area contributed by atoms with Crippen LogP contribution in [0.25, 0.3) is 0 Å². The van der Waals surface area contributed by atoms with Crippen LogP contribution in [0.4, 0.5) is 5.69 Å². The maximum absolute atomic E-state index is 6.63. The van der Waals surface area contributed by atoms with Crippen LogP contribution < -0.4 is 10.1 Å². The van der Waals surface area contributed by atoms with Crippen LogP contribution in [0.1, 0.15) is 75.2 Å². The van der Waals surface area contributed by atoms with Crippen LogP contribution in [-0.2, 0) is 16.0 Å². The predicted molar refractivity (Wildman–Crippen MR) is 139 cm³/mol. The molecule has 34 heavy (non-hydrogen) atoms. The molecule has 4 heteroatoms. The Bertz CT molecular complexity index is 948. The molecular weight excluding hydrogens is 422 g/mol. The van der Waals surface area contributed by atoms with Crippen LogP contribution in [-0.4, -0.2) is 24.9 Å². The lowest BCUT2D eigenvalue weighted by molar-refractivity contribution is -0.158. The van der Waals surface area contributed by atoms with E-state index < -0.39 is 5.60 Å². The second kappa shape index (κ2) is 11.4.